The Morgan fingerprint density at radius 3 is 2.73 bits per heavy atom. The van der Waals surface area contributed by atoms with E-state index < -0.39 is 5.97 Å². The molecule has 0 unspecified atom stereocenters. The second-order valence-corrected chi connectivity index (χ2v) is 6.27. The summed E-state index contributed by atoms with van der Waals surface area (Å²) >= 11 is 0. The molecule has 0 aliphatic carbocycles. The number of hydrogen-bond donors (Lipinski definition) is 2. The van der Waals surface area contributed by atoms with E-state index in [0.29, 0.717) is 36.8 Å². The van der Waals surface area contributed by atoms with Crippen LogP contribution in [0.25, 0.3) is 5.57 Å². The molecule has 0 spiro atoms. The second kappa shape index (κ2) is 12.2. The Labute approximate surface area is 175 Å². The van der Waals surface area contributed by atoms with E-state index in [9.17, 15) is 10.1 Å². The zero-order valence-corrected chi connectivity index (χ0v) is 17.5. The highest BCUT2D eigenvalue weighted by Crippen LogP contribution is 2.27. The summed E-state index contributed by atoms with van der Waals surface area (Å²) < 4.78 is 11.1. The SMILES string of the molecule is CCCOc1ccc(C(=O)OCCN(CC)CC)cc1NC=C(C#N)c1nn[nH]n1. The number of benzene rings is 1. The molecule has 2 rings (SSSR count). The molecule has 2 aromatic rings. The average Bonchev–Trinajstić information content (AvgIpc) is 3.30. The molecule has 2 N–H and O–H groups in total. The van der Waals surface area contributed by atoms with Crippen LogP contribution in [0, 0.1) is 11.3 Å². The monoisotopic (exact) mass is 413 g/mol. The number of tetrazole rings is 1. The minimum absolute atomic E-state index is 0.160. The number of anilines is 1. The van der Waals surface area contributed by atoms with Crippen molar-refractivity contribution in [2.75, 3.05) is 38.2 Å². The number of carbonyl (C=O) groups excluding carboxylic acids is 1. The minimum atomic E-state index is -0.421. The van der Waals surface area contributed by atoms with Gasteiger partial charge in [-0.2, -0.15) is 10.5 Å². The first-order chi connectivity index (χ1) is 14.6. The van der Waals surface area contributed by atoms with Crippen LogP contribution in [0.2, 0.25) is 0 Å². The Balaban J connectivity index is 2.16. The van der Waals surface area contributed by atoms with Crippen LogP contribution in [0.15, 0.2) is 24.4 Å². The average molecular weight is 413 g/mol. The van der Waals surface area contributed by atoms with Crippen LogP contribution < -0.4 is 10.1 Å². The summed E-state index contributed by atoms with van der Waals surface area (Å²) in [4.78, 5) is 14.6. The Morgan fingerprint density at radius 2 is 2.10 bits per heavy atom. The molecule has 0 bridgehead atoms. The first-order valence-electron chi connectivity index (χ1n) is 9.89. The number of esters is 1. The van der Waals surface area contributed by atoms with Gasteiger partial charge in [-0.25, -0.2) is 4.79 Å². The summed E-state index contributed by atoms with van der Waals surface area (Å²) in [7, 11) is 0. The van der Waals surface area contributed by atoms with E-state index in [-0.39, 0.29) is 11.4 Å². The molecule has 0 fully saturated rings. The molecule has 0 aliphatic rings. The molecule has 0 saturated heterocycles. The number of nitriles is 1. The van der Waals surface area contributed by atoms with Crippen LogP contribution >= 0.6 is 0 Å². The minimum Gasteiger partial charge on any atom is -0.491 e. The zero-order chi connectivity index (χ0) is 21.8. The fourth-order valence-electron chi connectivity index (χ4n) is 2.57. The van der Waals surface area contributed by atoms with Crippen LogP contribution in [0.3, 0.4) is 0 Å². The summed E-state index contributed by atoms with van der Waals surface area (Å²) in [6.45, 7) is 9.44. The fraction of sp³-hybridized carbons (Fsp3) is 0.450. The quantitative estimate of drug-likeness (QED) is 0.398. The maximum absolute atomic E-state index is 12.5. The van der Waals surface area contributed by atoms with Crippen molar-refractivity contribution in [1.29, 1.82) is 5.26 Å². The van der Waals surface area contributed by atoms with Gasteiger partial charge < -0.3 is 19.7 Å². The van der Waals surface area contributed by atoms with Crippen LogP contribution in [0.1, 0.15) is 43.4 Å². The van der Waals surface area contributed by atoms with Crippen molar-refractivity contribution in [3.8, 4) is 11.8 Å². The maximum Gasteiger partial charge on any atom is 0.338 e. The van der Waals surface area contributed by atoms with Gasteiger partial charge in [0.15, 0.2) is 0 Å². The predicted octanol–water partition coefficient (Wildman–Crippen LogP) is 2.46. The Morgan fingerprint density at radius 1 is 1.30 bits per heavy atom. The van der Waals surface area contributed by atoms with Gasteiger partial charge >= 0.3 is 5.97 Å². The molecule has 30 heavy (non-hydrogen) atoms. The van der Waals surface area contributed by atoms with E-state index in [1.54, 1.807) is 18.2 Å². The van der Waals surface area contributed by atoms with E-state index in [0.717, 1.165) is 19.5 Å². The normalized spacial score (nSPS) is 11.2. The zero-order valence-electron chi connectivity index (χ0n) is 17.5. The van der Waals surface area contributed by atoms with Crippen molar-refractivity contribution >= 4 is 17.2 Å². The molecule has 0 atom stereocenters. The molecule has 1 aromatic carbocycles. The molecule has 10 nitrogen and oxygen atoms in total. The summed E-state index contributed by atoms with van der Waals surface area (Å²) in [6.07, 6.45) is 2.27. The number of nitrogens with zero attached hydrogens (tertiary/aromatic N) is 5. The van der Waals surface area contributed by atoms with Crippen molar-refractivity contribution in [3.63, 3.8) is 0 Å². The number of carbonyl (C=O) groups is 1. The lowest BCUT2D eigenvalue weighted by Crippen LogP contribution is -2.27. The number of likely N-dealkylation sites (N-methyl/N-ethyl adjacent to an activating group) is 1. The van der Waals surface area contributed by atoms with Gasteiger partial charge in [-0.3, -0.25) is 0 Å². The number of rotatable bonds is 12. The molecule has 10 heteroatoms. The summed E-state index contributed by atoms with van der Waals surface area (Å²) in [5, 5.41) is 25.7. The number of aromatic amines is 1. The molecule has 160 valence electrons. The van der Waals surface area contributed by atoms with E-state index in [1.807, 2.05) is 13.0 Å². The lowest BCUT2D eigenvalue weighted by atomic mass is 10.2. The first kappa shape index (κ1) is 22.8. The van der Waals surface area contributed by atoms with E-state index in [4.69, 9.17) is 9.47 Å². The fourth-order valence-corrected chi connectivity index (χ4v) is 2.57. The first-order valence-corrected chi connectivity index (χ1v) is 9.89. The highest BCUT2D eigenvalue weighted by atomic mass is 16.5. The molecular formula is C20H27N7O3. The predicted molar refractivity (Wildman–Crippen MR) is 112 cm³/mol. The summed E-state index contributed by atoms with van der Waals surface area (Å²) in [5.41, 5.74) is 1.09. The van der Waals surface area contributed by atoms with Crippen LogP contribution in [0.4, 0.5) is 5.69 Å². The molecule has 1 aromatic heterocycles. The number of H-pyrrole nitrogens is 1. The lowest BCUT2D eigenvalue weighted by Gasteiger charge is -2.17. The summed E-state index contributed by atoms with van der Waals surface area (Å²) in [6, 6.07) is 6.99. The van der Waals surface area contributed by atoms with Crippen molar-refractivity contribution in [3.05, 3.63) is 35.8 Å². The van der Waals surface area contributed by atoms with Gasteiger partial charge in [-0.1, -0.05) is 20.8 Å². The molecule has 0 amide bonds. The number of ether oxygens (including phenoxy) is 2. The number of allylic oxidation sites excluding steroid dienone is 1. The van der Waals surface area contributed by atoms with E-state index >= 15 is 0 Å². The highest BCUT2D eigenvalue weighted by molar-refractivity contribution is 5.91. The van der Waals surface area contributed by atoms with Crippen molar-refractivity contribution < 1.29 is 14.3 Å². The van der Waals surface area contributed by atoms with Gasteiger partial charge in [0.2, 0.25) is 5.82 Å². The maximum atomic E-state index is 12.5. The van der Waals surface area contributed by atoms with Crippen LogP contribution in [-0.4, -0.2) is 64.3 Å². The molecule has 0 aliphatic heterocycles. The molecular weight excluding hydrogens is 386 g/mol. The van der Waals surface area contributed by atoms with Gasteiger partial charge in [-0.05, 0) is 42.9 Å². The largest absolute Gasteiger partial charge is 0.491 e. The van der Waals surface area contributed by atoms with Gasteiger partial charge in [-0.15, -0.1) is 10.2 Å². The number of aromatic nitrogens is 4. The molecule has 0 saturated carbocycles. The lowest BCUT2D eigenvalue weighted by molar-refractivity contribution is 0.0466. The van der Waals surface area contributed by atoms with Crippen LogP contribution in [-0.2, 0) is 4.74 Å². The molecule has 1 heterocycles. The van der Waals surface area contributed by atoms with E-state index in [2.05, 4.69) is 44.7 Å². The molecule has 0 radical (unpaired) electrons. The number of nitrogens with one attached hydrogen (secondary N) is 2. The highest BCUT2D eigenvalue weighted by Gasteiger charge is 2.13. The van der Waals surface area contributed by atoms with Gasteiger partial charge in [0, 0.05) is 12.7 Å². The third-order valence-electron chi connectivity index (χ3n) is 4.29. The third-order valence-corrected chi connectivity index (χ3v) is 4.29. The Hall–Kier alpha value is -3.45. The Kier molecular flexibility index (Phi) is 9.27. The smallest absolute Gasteiger partial charge is 0.338 e. The van der Waals surface area contributed by atoms with Crippen molar-refractivity contribution in [1.82, 2.24) is 25.5 Å². The second-order valence-electron chi connectivity index (χ2n) is 6.27. The topological polar surface area (TPSA) is 129 Å². The van der Waals surface area contributed by atoms with Crippen molar-refractivity contribution in [2.45, 2.75) is 27.2 Å². The van der Waals surface area contributed by atoms with Crippen LogP contribution in [0.5, 0.6) is 5.75 Å². The van der Waals surface area contributed by atoms with E-state index in [1.165, 1.54) is 6.20 Å². The number of hydrogen-bond acceptors (Lipinski definition) is 9. The Bertz CT molecular complexity index is 871. The standard InChI is InChI=1S/C20H27N7O3/c1-4-10-29-18-8-7-15(20(28)30-11-9-27(5-2)6-3)12-17(18)22-14-16(13-21)19-23-25-26-24-19/h7-8,12,14,22H,4-6,9-11H2,1-3H3,(H,23,24,25,26). The van der Waals surface area contributed by atoms with Crippen molar-refractivity contribution in [2.24, 2.45) is 0 Å². The van der Waals surface area contributed by atoms with Gasteiger partial charge in [0.25, 0.3) is 0 Å². The summed E-state index contributed by atoms with van der Waals surface area (Å²) in [5.74, 6) is 0.293. The van der Waals surface area contributed by atoms with Gasteiger partial charge in [0.1, 0.15) is 24.0 Å². The third kappa shape index (κ3) is 6.56. The van der Waals surface area contributed by atoms with Gasteiger partial charge in [0.05, 0.1) is 17.9 Å².